The van der Waals surface area contributed by atoms with Crippen molar-refractivity contribution in [2.75, 3.05) is 0 Å². The van der Waals surface area contributed by atoms with Gasteiger partial charge in [-0.15, -0.1) is 0 Å². The van der Waals surface area contributed by atoms with Gasteiger partial charge < -0.3 is 4.57 Å². The average molecular weight is 281 g/mol. The number of ketones is 1. The van der Waals surface area contributed by atoms with Gasteiger partial charge in [-0.3, -0.25) is 4.79 Å². The molecule has 1 heterocycles. The van der Waals surface area contributed by atoms with Gasteiger partial charge in [0, 0.05) is 24.5 Å². The summed E-state index contributed by atoms with van der Waals surface area (Å²) in [5.74, 6) is -0.135. The van der Waals surface area contributed by atoms with E-state index in [0.29, 0.717) is 5.82 Å². The lowest BCUT2D eigenvalue weighted by Crippen LogP contribution is -2.11. The van der Waals surface area contributed by atoms with Gasteiger partial charge in [0.2, 0.25) is 0 Å². The molecule has 0 aliphatic heterocycles. The predicted molar refractivity (Wildman–Crippen MR) is 72.0 cm³/mol. The van der Waals surface area contributed by atoms with Crippen molar-refractivity contribution >= 4 is 17.4 Å². The molecule has 0 spiro atoms. The molecule has 3 nitrogen and oxygen atoms in total. The Balaban J connectivity index is 2.21. The number of benzene rings is 1. The van der Waals surface area contributed by atoms with Crippen molar-refractivity contribution in [3.05, 3.63) is 52.8 Å². The first-order chi connectivity index (χ1) is 9.13. The number of Topliss-reactive ketones (excluding diaryl/α,β-unsaturated/α-hetero) is 1. The molecule has 0 saturated heterocycles. The van der Waals surface area contributed by atoms with Gasteiger partial charge in [0.15, 0.2) is 5.78 Å². The molecule has 0 atom stereocenters. The number of carbonyl (C=O) groups is 1. The molecule has 100 valence electrons. The van der Waals surface area contributed by atoms with Gasteiger partial charge in [0.1, 0.15) is 11.6 Å². The minimum atomic E-state index is -0.579. The Labute approximate surface area is 116 Å². The van der Waals surface area contributed by atoms with Crippen molar-refractivity contribution in [3.63, 3.8) is 0 Å². The fraction of sp³-hybridized carbons (Fsp3) is 0.286. The Bertz CT molecular complexity index is 595. The second kappa shape index (κ2) is 5.97. The summed E-state index contributed by atoms with van der Waals surface area (Å²) in [5.41, 5.74) is 0.202. The van der Waals surface area contributed by atoms with E-state index in [4.69, 9.17) is 11.6 Å². The van der Waals surface area contributed by atoms with Crippen LogP contribution in [-0.2, 0) is 13.0 Å². The van der Waals surface area contributed by atoms with E-state index in [1.54, 1.807) is 6.20 Å². The van der Waals surface area contributed by atoms with Crippen LogP contribution >= 0.6 is 11.6 Å². The fourth-order valence-corrected chi connectivity index (χ4v) is 2.14. The third-order valence-corrected chi connectivity index (χ3v) is 3.22. The molecule has 19 heavy (non-hydrogen) atoms. The first kappa shape index (κ1) is 13.7. The third-order valence-electron chi connectivity index (χ3n) is 2.84. The van der Waals surface area contributed by atoms with Crippen molar-refractivity contribution in [1.29, 1.82) is 0 Å². The second-order valence-electron chi connectivity index (χ2n) is 4.24. The zero-order chi connectivity index (χ0) is 13.8. The molecule has 2 rings (SSSR count). The van der Waals surface area contributed by atoms with E-state index in [-0.39, 0.29) is 22.8 Å². The molecule has 0 aliphatic rings. The Hall–Kier alpha value is -1.68. The Morgan fingerprint density at radius 2 is 2.26 bits per heavy atom. The van der Waals surface area contributed by atoms with Gasteiger partial charge in [0.05, 0.1) is 11.4 Å². The highest BCUT2D eigenvalue weighted by Crippen LogP contribution is 2.21. The maximum Gasteiger partial charge on any atom is 0.171 e. The van der Waals surface area contributed by atoms with Crippen LogP contribution in [0.1, 0.15) is 29.5 Å². The van der Waals surface area contributed by atoms with E-state index in [9.17, 15) is 9.18 Å². The monoisotopic (exact) mass is 280 g/mol. The van der Waals surface area contributed by atoms with Crippen LogP contribution in [0.4, 0.5) is 4.39 Å². The molecule has 1 aromatic heterocycles. The summed E-state index contributed by atoms with van der Waals surface area (Å²) in [6, 6.07) is 4.24. The number of halogens is 2. The normalized spacial score (nSPS) is 10.7. The standard InChI is InChI=1S/C14H14ClFN2O/c1-2-7-18-8-6-17-13(18)9-12(19)10-4-3-5-11(16)14(10)15/h3-6,8H,2,7,9H2,1H3. The highest BCUT2D eigenvalue weighted by molar-refractivity contribution is 6.34. The molecular formula is C14H14ClFN2O. The van der Waals surface area contributed by atoms with Gasteiger partial charge in [0.25, 0.3) is 0 Å². The van der Waals surface area contributed by atoms with Crippen LogP contribution in [0.15, 0.2) is 30.6 Å². The van der Waals surface area contributed by atoms with E-state index in [0.717, 1.165) is 13.0 Å². The van der Waals surface area contributed by atoms with Crippen LogP contribution in [-0.4, -0.2) is 15.3 Å². The highest BCUT2D eigenvalue weighted by atomic mass is 35.5. The molecule has 0 unspecified atom stereocenters. The molecule has 0 bridgehead atoms. The summed E-state index contributed by atoms with van der Waals surface area (Å²) < 4.78 is 15.2. The Morgan fingerprint density at radius 3 is 3.00 bits per heavy atom. The van der Waals surface area contributed by atoms with Crippen molar-refractivity contribution in [1.82, 2.24) is 9.55 Å². The molecule has 5 heteroatoms. The van der Waals surface area contributed by atoms with E-state index < -0.39 is 5.82 Å². The van der Waals surface area contributed by atoms with Gasteiger partial charge in [-0.05, 0) is 18.6 Å². The molecule has 1 aromatic carbocycles. The van der Waals surface area contributed by atoms with Gasteiger partial charge in [-0.2, -0.15) is 0 Å². The average Bonchev–Trinajstić information content (AvgIpc) is 2.80. The molecule has 0 saturated carbocycles. The maximum atomic E-state index is 13.3. The number of nitrogens with zero attached hydrogens (tertiary/aromatic N) is 2. The largest absolute Gasteiger partial charge is 0.335 e. The summed E-state index contributed by atoms with van der Waals surface area (Å²) in [4.78, 5) is 16.3. The SMILES string of the molecule is CCCn1ccnc1CC(=O)c1cccc(F)c1Cl. The lowest BCUT2D eigenvalue weighted by Gasteiger charge is -2.07. The smallest absolute Gasteiger partial charge is 0.171 e. The van der Waals surface area contributed by atoms with Crippen LogP contribution in [0.25, 0.3) is 0 Å². The van der Waals surface area contributed by atoms with Gasteiger partial charge >= 0.3 is 0 Å². The highest BCUT2D eigenvalue weighted by Gasteiger charge is 2.16. The van der Waals surface area contributed by atoms with Crippen LogP contribution in [0.3, 0.4) is 0 Å². The van der Waals surface area contributed by atoms with Crippen molar-refractivity contribution in [2.45, 2.75) is 26.3 Å². The van der Waals surface area contributed by atoms with Crippen molar-refractivity contribution < 1.29 is 9.18 Å². The molecule has 0 aliphatic carbocycles. The topological polar surface area (TPSA) is 34.9 Å². The number of carbonyl (C=O) groups excluding carboxylic acids is 1. The second-order valence-corrected chi connectivity index (χ2v) is 4.62. The zero-order valence-corrected chi connectivity index (χ0v) is 11.3. The van der Waals surface area contributed by atoms with Gasteiger partial charge in [-0.25, -0.2) is 9.37 Å². The molecule has 2 aromatic rings. The minimum Gasteiger partial charge on any atom is -0.335 e. The molecule has 0 amide bonds. The predicted octanol–water partition coefficient (Wildman–Crippen LogP) is 3.51. The fourth-order valence-electron chi connectivity index (χ4n) is 1.91. The molecule has 0 N–H and O–H groups in total. The van der Waals surface area contributed by atoms with Crippen LogP contribution in [0.2, 0.25) is 5.02 Å². The van der Waals surface area contributed by atoms with Crippen LogP contribution in [0.5, 0.6) is 0 Å². The van der Waals surface area contributed by atoms with E-state index in [1.807, 2.05) is 10.8 Å². The summed E-state index contributed by atoms with van der Waals surface area (Å²) in [7, 11) is 0. The summed E-state index contributed by atoms with van der Waals surface area (Å²) >= 11 is 5.81. The van der Waals surface area contributed by atoms with Crippen LogP contribution < -0.4 is 0 Å². The number of aromatic nitrogens is 2. The quantitative estimate of drug-likeness (QED) is 0.786. The zero-order valence-electron chi connectivity index (χ0n) is 10.6. The first-order valence-corrected chi connectivity index (χ1v) is 6.48. The number of hydrogen-bond acceptors (Lipinski definition) is 2. The molecule has 0 radical (unpaired) electrons. The third kappa shape index (κ3) is 3.01. The van der Waals surface area contributed by atoms with E-state index >= 15 is 0 Å². The minimum absolute atomic E-state index is 0.121. The number of hydrogen-bond donors (Lipinski definition) is 0. The Kier molecular flexibility index (Phi) is 4.32. The van der Waals surface area contributed by atoms with Crippen molar-refractivity contribution in [3.8, 4) is 0 Å². The summed E-state index contributed by atoms with van der Waals surface area (Å²) in [6.07, 6.45) is 4.57. The first-order valence-electron chi connectivity index (χ1n) is 6.10. The number of imidazole rings is 1. The lowest BCUT2D eigenvalue weighted by atomic mass is 10.1. The summed E-state index contributed by atoms with van der Waals surface area (Å²) in [5, 5.41) is -0.124. The number of rotatable bonds is 5. The molecule has 0 fully saturated rings. The van der Waals surface area contributed by atoms with Crippen LogP contribution in [0, 0.1) is 5.82 Å². The lowest BCUT2D eigenvalue weighted by molar-refractivity contribution is 0.0989. The van der Waals surface area contributed by atoms with E-state index in [2.05, 4.69) is 11.9 Å². The van der Waals surface area contributed by atoms with E-state index in [1.165, 1.54) is 18.2 Å². The van der Waals surface area contributed by atoms with Crippen molar-refractivity contribution in [2.24, 2.45) is 0 Å². The molecular weight excluding hydrogens is 267 g/mol. The summed E-state index contributed by atoms with van der Waals surface area (Å²) in [6.45, 7) is 2.86. The van der Waals surface area contributed by atoms with Gasteiger partial charge in [-0.1, -0.05) is 24.6 Å². The maximum absolute atomic E-state index is 13.3. The Morgan fingerprint density at radius 1 is 1.47 bits per heavy atom. The number of aryl methyl sites for hydroxylation is 1.